The van der Waals surface area contributed by atoms with Crippen LogP contribution in [-0.4, -0.2) is 10.7 Å². The molecule has 10 heavy (non-hydrogen) atoms. The molecule has 0 atom stereocenters. The zero-order valence-electron chi connectivity index (χ0n) is 6.21. The molecule has 0 heterocycles. The van der Waals surface area contributed by atoms with E-state index < -0.39 is 5.60 Å². The Balaban J connectivity index is 4.05. The molecule has 0 rings (SSSR count). The van der Waals surface area contributed by atoms with E-state index in [0.29, 0.717) is 12.8 Å². The van der Waals surface area contributed by atoms with Gasteiger partial charge in [-0.1, -0.05) is 18.2 Å². The molecule has 0 aromatic heterocycles. The first-order chi connectivity index (χ1) is 4.68. The Hall–Kier alpha value is -0.820. The Morgan fingerprint density at radius 3 is 1.70 bits per heavy atom. The minimum absolute atomic E-state index is 0.530. The SMILES string of the molecule is C=CCC(O)(C=C)CC=C. The smallest absolute Gasteiger partial charge is 0.0893 e. The fourth-order valence-corrected chi connectivity index (χ4v) is 0.750. The first-order valence-corrected chi connectivity index (χ1v) is 3.26. The van der Waals surface area contributed by atoms with Crippen molar-refractivity contribution >= 4 is 0 Å². The van der Waals surface area contributed by atoms with Crippen LogP contribution in [0.15, 0.2) is 38.0 Å². The average Bonchev–Trinajstić information content (AvgIpc) is 1.89. The number of aliphatic hydroxyl groups is 1. The van der Waals surface area contributed by atoms with Crippen molar-refractivity contribution in [3.63, 3.8) is 0 Å². The Bertz CT molecular complexity index is 126. The summed E-state index contributed by atoms with van der Waals surface area (Å²) < 4.78 is 0. The lowest BCUT2D eigenvalue weighted by molar-refractivity contribution is 0.0981. The van der Waals surface area contributed by atoms with E-state index in [1.807, 2.05) is 0 Å². The normalized spacial score (nSPS) is 10.5. The van der Waals surface area contributed by atoms with Crippen molar-refractivity contribution in [1.29, 1.82) is 0 Å². The van der Waals surface area contributed by atoms with Gasteiger partial charge in [0.1, 0.15) is 0 Å². The monoisotopic (exact) mass is 138 g/mol. The van der Waals surface area contributed by atoms with Gasteiger partial charge in [0, 0.05) is 0 Å². The Labute approximate surface area is 62.4 Å². The molecule has 0 spiro atoms. The number of hydrogen-bond donors (Lipinski definition) is 1. The van der Waals surface area contributed by atoms with Gasteiger partial charge in [-0.2, -0.15) is 0 Å². The van der Waals surface area contributed by atoms with Gasteiger partial charge in [0.15, 0.2) is 0 Å². The largest absolute Gasteiger partial charge is 0.385 e. The van der Waals surface area contributed by atoms with Crippen LogP contribution in [0.3, 0.4) is 0 Å². The average molecular weight is 138 g/mol. The van der Waals surface area contributed by atoms with E-state index in [9.17, 15) is 5.11 Å². The molecule has 0 bridgehead atoms. The van der Waals surface area contributed by atoms with Gasteiger partial charge in [-0.05, 0) is 12.8 Å². The third kappa shape index (κ3) is 2.65. The van der Waals surface area contributed by atoms with E-state index in [1.54, 1.807) is 12.2 Å². The molecule has 0 fully saturated rings. The highest BCUT2D eigenvalue weighted by molar-refractivity contribution is 5.03. The van der Waals surface area contributed by atoms with Crippen LogP contribution >= 0.6 is 0 Å². The summed E-state index contributed by atoms with van der Waals surface area (Å²) in [5.41, 5.74) is -0.830. The third-order valence-corrected chi connectivity index (χ3v) is 1.38. The highest BCUT2D eigenvalue weighted by Crippen LogP contribution is 2.16. The van der Waals surface area contributed by atoms with E-state index in [1.165, 1.54) is 6.08 Å². The molecule has 0 aromatic rings. The van der Waals surface area contributed by atoms with E-state index in [-0.39, 0.29) is 0 Å². The van der Waals surface area contributed by atoms with Crippen LogP contribution in [0.4, 0.5) is 0 Å². The molecule has 1 heteroatoms. The Kier molecular flexibility index (Phi) is 3.74. The Morgan fingerprint density at radius 2 is 1.50 bits per heavy atom. The number of rotatable bonds is 5. The molecular formula is C9H14O. The zero-order valence-corrected chi connectivity index (χ0v) is 6.21. The summed E-state index contributed by atoms with van der Waals surface area (Å²) in [5, 5.41) is 9.56. The van der Waals surface area contributed by atoms with E-state index in [2.05, 4.69) is 19.7 Å². The quantitative estimate of drug-likeness (QED) is 0.576. The van der Waals surface area contributed by atoms with Crippen LogP contribution < -0.4 is 0 Å². The van der Waals surface area contributed by atoms with Gasteiger partial charge in [-0.15, -0.1) is 19.7 Å². The maximum atomic E-state index is 9.56. The molecule has 56 valence electrons. The van der Waals surface area contributed by atoms with Crippen LogP contribution in [0.1, 0.15) is 12.8 Å². The molecule has 0 saturated carbocycles. The van der Waals surface area contributed by atoms with Crippen molar-refractivity contribution in [2.45, 2.75) is 18.4 Å². The van der Waals surface area contributed by atoms with Gasteiger partial charge in [0.2, 0.25) is 0 Å². The molecule has 0 amide bonds. The van der Waals surface area contributed by atoms with Crippen molar-refractivity contribution in [3.8, 4) is 0 Å². The van der Waals surface area contributed by atoms with Gasteiger partial charge < -0.3 is 5.11 Å². The minimum Gasteiger partial charge on any atom is -0.385 e. The molecule has 0 aliphatic heterocycles. The molecule has 0 aliphatic carbocycles. The van der Waals surface area contributed by atoms with Gasteiger partial charge in [-0.25, -0.2) is 0 Å². The summed E-state index contributed by atoms with van der Waals surface area (Å²) >= 11 is 0. The Morgan fingerprint density at radius 1 is 1.10 bits per heavy atom. The van der Waals surface area contributed by atoms with Crippen LogP contribution in [0.25, 0.3) is 0 Å². The van der Waals surface area contributed by atoms with Crippen LogP contribution in [0.2, 0.25) is 0 Å². The molecule has 1 nitrogen and oxygen atoms in total. The second kappa shape index (κ2) is 4.07. The molecule has 0 saturated heterocycles. The predicted molar refractivity (Wildman–Crippen MR) is 44.8 cm³/mol. The lowest BCUT2D eigenvalue weighted by Crippen LogP contribution is -2.23. The highest BCUT2D eigenvalue weighted by Gasteiger charge is 2.17. The molecule has 0 aliphatic rings. The summed E-state index contributed by atoms with van der Waals surface area (Å²) in [6, 6.07) is 0. The van der Waals surface area contributed by atoms with Crippen LogP contribution in [-0.2, 0) is 0 Å². The summed E-state index contributed by atoms with van der Waals surface area (Å²) in [5.74, 6) is 0. The summed E-state index contributed by atoms with van der Waals surface area (Å²) in [4.78, 5) is 0. The van der Waals surface area contributed by atoms with Crippen molar-refractivity contribution in [1.82, 2.24) is 0 Å². The van der Waals surface area contributed by atoms with Crippen LogP contribution in [0, 0.1) is 0 Å². The fraction of sp³-hybridized carbons (Fsp3) is 0.333. The standard InChI is InChI=1S/C9H14O/c1-4-7-9(10,6-3)8-5-2/h4-6,10H,1-3,7-8H2. The van der Waals surface area contributed by atoms with Crippen molar-refractivity contribution in [2.24, 2.45) is 0 Å². The zero-order chi connectivity index (χ0) is 8.04. The lowest BCUT2D eigenvalue weighted by Gasteiger charge is -2.19. The molecule has 1 N–H and O–H groups in total. The van der Waals surface area contributed by atoms with Gasteiger partial charge in [0.05, 0.1) is 5.60 Å². The molecule has 0 radical (unpaired) electrons. The topological polar surface area (TPSA) is 20.2 Å². The second-order valence-electron chi connectivity index (χ2n) is 2.29. The summed E-state index contributed by atoms with van der Waals surface area (Å²) in [7, 11) is 0. The first kappa shape index (κ1) is 9.18. The minimum atomic E-state index is -0.830. The van der Waals surface area contributed by atoms with E-state index in [4.69, 9.17) is 0 Å². The molecular weight excluding hydrogens is 124 g/mol. The maximum absolute atomic E-state index is 9.56. The van der Waals surface area contributed by atoms with Crippen LogP contribution in [0.5, 0.6) is 0 Å². The van der Waals surface area contributed by atoms with Crippen molar-refractivity contribution in [3.05, 3.63) is 38.0 Å². The van der Waals surface area contributed by atoms with E-state index >= 15 is 0 Å². The van der Waals surface area contributed by atoms with E-state index in [0.717, 1.165) is 0 Å². The highest BCUT2D eigenvalue weighted by atomic mass is 16.3. The van der Waals surface area contributed by atoms with Gasteiger partial charge in [0.25, 0.3) is 0 Å². The van der Waals surface area contributed by atoms with Gasteiger partial charge in [-0.3, -0.25) is 0 Å². The first-order valence-electron chi connectivity index (χ1n) is 3.26. The lowest BCUT2D eigenvalue weighted by atomic mass is 9.96. The fourth-order valence-electron chi connectivity index (χ4n) is 0.750. The maximum Gasteiger partial charge on any atom is 0.0893 e. The third-order valence-electron chi connectivity index (χ3n) is 1.38. The second-order valence-corrected chi connectivity index (χ2v) is 2.29. The van der Waals surface area contributed by atoms with Crippen molar-refractivity contribution in [2.75, 3.05) is 0 Å². The molecule has 0 unspecified atom stereocenters. The molecule has 0 aromatic carbocycles. The summed E-state index contributed by atoms with van der Waals surface area (Å²) in [6.45, 7) is 10.6. The van der Waals surface area contributed by atoms with Gasteiger partial charge >= 0.3 is 0 Å². The van der Waals surface area contributed by atoms with Crippen molar-refractivity contribution < 1.29 is 5.11 Å². The predicted octanol–water partition coefficient (Wildman–Crippen LogP) is 2.06. The number of hydrogen-bond acceptors (Lipinski definition) is 1. The summed E-state index contributed by atoms with van der Waals surface area (Å²) in [6.07, 6.45) is 5.93.